The Hall–Kier alpha value is -1.93. The van der Waals surface area contributed by atoms with Crippen LogP contribution in [0.15, 0.2) is 65.7 Å². The van der Waals surface area contributed by atoms with Crippen molar-refractivity contribution >= 4 is 5.71 Å². The van der Waals surface area contributed by atoms with E-state index in [2.05, 4.69) is 53.5 Å². The van der Waals surface area contributed by atoms with Gasteiger partial charge in [-0.25, -0.2) is 0 Å². The molecule has 0 aromatic heterocycles. The average Bonchev–Trinajstić information content (AvgIpc) is 3.04. The number of nitrogens with two attached hydrogens (primary N) is 1. The van der Waals surface area contributed by atoms with E-state index in [-0.39, 0.29) is 0 Å². The van der Waals surface area contributed by atoms with Gasteiger partial charge < -0.3 is 5.73 Å². The molecule has 0 saturated carbocycles. The van der Waals surface area contributed by atoms with E-state index >= 15 is 0 Å². The number of benzene rings is 2. The topological polar surface area (TPSA) is 38.4 Å². The molecular weight excluding hydrogens is 244 g/mol. The molecular formula is C18H20N2. The third kappa shape index (κ3) is 2.52. The van der Waals surface area contributed by atoms with Crippen molar-refractivity contribution in [2.24, 2.45) is 10.7 Å². The van der Waals surface area contributed by atoms with Gasteiger partial charge in [-0.2, -0.15) is 0 Å². The molecule has 3 rings (SSSR count). The summed E-state index contributed by atoms with van der Waals surface area (Å²) in [5, 5.41) is 0. The first-order chi connectivity index (χ1) is 9.79. The SMILES string of the molecule is NC(Cc1ccccc1)(C1=NCCC1)c1ccccc1. The Kier molecular flexibility index (Phi) is 3.66. The maximum atomic E-state index is 6.83. The predicted octanol–water partition coefficient (Wildman–Crippen LogP) is 3.32. The van der Waals surface area contributed by atoms with Gasteiger partial charge in [0.15, 0.2) is 0 Å². The Morgan fingerprint density at radius 3 is 2.20 bits per heavy atom. The maximum Gasteiger partial charge on any atom is 0.0835 e. The van der Waals surface area contributed by atoms with Crippen LogP contribution in [-0.4, -0.2) is 12.3 Å². The van der Waals surface area contributed by atoms with E-state index in [0.717, 1.165) is 37.1 Å². The summed E-state index contributed by atoms with van der Waals surface area (Å²) in [5.41, 5.74) is 9.91. The molecule has 1 unspecified atom stereocenters. The van der Waals surface area contributed by atoms with Crippen LogP contribution in [0.1, 0.15) is 24.0 Å². The predicted molar refractivity (Wildman–Crippen MR) is 84.0 cm³/mol. The second kappa shape index (κ2) is 5.59. The highest BCUT2D eigenvalue weighted by molar-refractivity contribution is 5.95. The third-order valence-corrected chi connectivity index (χ3v) is 4.00. The zero-order valence-electron chi connectivity index (χ0n) is 11.6. The summed E-state index contributed by atoms with van der Waals surface area (Å²) in [4.78, 5) is 4.67. The van der Waals surface area contributed by atoms with Gasteiger partial charge in [0.1, 0.15) is 0 Å². The first kappa shape index (κ1) is 13.1. The Bertz CT molecular complexity index is 589. The van der Waals surface area contributed by atoms with Gasteiger partial charge in [0.05, 0.1) is 5.54 Å². The largest absolute Gasteiger partial charge is 0.316 e. The summed E-state index contributed by atoms with van der Waals surface area (Å²) in [6.45, 7) is 0.913. The van der Waals surface area contributed by atoms with Crippen LogP contribution in [0.25, 0.3) is 0 Å². The third-order valence-electron chi connectivity index (χ3n) is 4.00. The minimum atomic E-state index is -0.473. The molecule has 2 aromatic carbocycles. The quantitative estimate of drug-likeness (QED) is 0.904. The molecule has 0 saturated heterocycles. The van der Waals surface area contributed by atoms with Gasteiger partial charge in [0.2, 0.25) is 0 Å². The molecule has 102 valence electrons. The molecule has 0 bridgehead atoms. The Morgan fingerprint density at radius 2 is 1.60 bits per heavy atom. The fourth-order valence-electron chi connectivity index (χ4n) is 2.93. The lowest BCUT2D eigenvalue weighted by Gasteiger charge is -2.31. The lowest BCUT2D eigenvalue weighted by molar-refractivity contribution is 0.591. The molecule has 0 fully saturated rings. The monoisotopic (exact) mass is 264 g/mol. The first-order valence-electron chi connectivity index (χ1n) is 7.21. The fourth-order valence-corrected chi connectivity index (χ4v) is 2.93. The first-order valence-corrected chi connectivity index (χ1v) is 7.21. The molecule has 1 heterocycles. The molecule has 0 amide bonds. The second-order valence-corrected chi connectivity index (χ2v) is 5.43. The molecule has 0 radical (unpaired) electrons. The highest BCUT2D eigenvalue weighted by atomic mass is 14.9. The minimum Gasteiger partial charge on any atom is -0.316 e. The van der Waals surface area contributed by atoms with Crippen molar-refractivity contribution in [2.45, 2.75) is 24.8 Å². The standard InChI is InChI=1S/C18H20N2/c19-18(17-12-7-13-20-17,16-10-5-2-6-11-16)14-15-8-3-1-4-9-15/h1-6,8-11H,7,12-14,19H2. The van der Waals surface area contributed by atoms with Gasteiger partial charge in [-0.05, 0) is 30.4 Å². The Morgan fingerprint density at radius 1 is 0.950 bits per heavy atom. The number of hydrogen-bond donors (Lipinski definition) is 1. The van der Waals surface area contributed by atoms with E-state index in [1.165, 1.54) is 5.56 Å². The van der Waals surface area contributed by atoms with Crippen LogP contribution < -0.4 is 5.73 Å². The van der Waals surface area contributed by atoms with Crippen molar-refractivity contribution in [3.8, 4) is 0 Å². The molecule has 1 aliphatic rings. The molecule has 0 spiro atoms. The van der Waals surface area contributed by atoms with Crippen LogP contribution in [0.3, 0.4) is 0 Å². The molecule has 20 heavy (non-hydrogen) atoms. The second-order valence-electron chi connectivity index (χ2n) is 5.43. The number of hydrogen-bond acceptors (Lipinski definition) is 2. The van der Waals surface area contributed by atoms with Gasteiger partial charge in [-0.15, -0.1) is 0 Å². The summed E-state index contributed by atoms with van der Waals surface area (Å²) < 4.78 is 0. The van der Waals surface area contributed by atoms with Gasteiger partial charge in [0, 0.05) is 12.3 Å². The molecule has 2 aromatic rings. The number of rotatable bonds is 4. The summed E-state index contributed by atoms with van der Waals surface area (Å²) in [5.74, 6) is 0. The number of aliphatic imine (C=N–C) groups is 1. The summed E-state index contributed by atoms with van der Waals surface area (Å²) in [6, 6.07) is 20.8. The van der Waals surface area contributed by atoms with Crippen molar-refractivity contribution < 1.29 is 0 Å². The van der Waals surface area contributed by atoms with Crippen molar-refractivity contribution in [1.82, 2.24) is 0 Å². The highest BCUT2D eigenvalue weighted by Gasteiger charge is 2.34. The summed E-state index contributed by atoms with van der Waals surface area (Å²) in [7, 11) is 0. The zero-order chi connectivity index (χ0) is 13.8. The molecule has 1 atom stereocenters. The molecule has 2 heteroatoms. The molecule has 1 aliphatic heterocycles. The van der Waals surface area contributed by atoms with Crippen LogP contribution in [-0.2, 0) is 12.0 Å². The lowest BCUT2D eigenvalue weighted by atomic mass is 9.80. The van der Waals surface area contributed by atoms with E-state index in [9.17, 15) is 0 Å². The van der Waals surface area contributed by atoms with Crippen molar-refractivity contribution in [2.75, 3.05) is 6.54 Å². The zero-order valence-corrected chi connectivity index (χ0v) is 11.6. The minimum absolute atomic E-state index is 0.473. The van der Waals surface area contributed by atoms with Crippen molar-refractivity contribution in [3.63, 3.8) is 0 Å². The van der Waals surface area contributed by atoms with Gasteiger partial charge in [-0.1, -0.05) is 60.7 Å². The van der Waals surface area contributed by atoms with Crippen LogP contribution in [0.5, 0.6) is 0 Å². The van der Waals surface area contributed by atoms with E-state index in [4.69, 9.17) is 5.73 Å². The Labute approximate surface area is 120 Å². The fraction of sp³-hybridized carbons (Fsp3) is 0.278. The summed E-state index contributed by atoms with van der Waals surface area (Å²) in [6.07, 6.45) is 2.94. The van der Waals surface area contributed by atoms with E-state index in [0.29, 0.717) is 0 Å². The normalized spacial score (nSPS) is 17.6. The average molecular weight is 264 g/mol. The highest BCUT2D eigenvalue weighted by Crippen LogP contribution is 2.29. The van der Waals surface area contributed by atoms with Gasteiger partial charge in [0.25, 0.3) is 0 Å². The van der Waals surface area contributed by atoms with Crippen LogP contribution in [0.4, 0.5) is 0 Å². The van der Waals surface area contributed by atoms with Gasteiger partial charge in [-0.3, -0.25) is 4.99 Å². The lowest BCUT2D eigenvalue weighted by Crippen LogP contribution is -2.46. The summed E-state index contributed by atoms with van der Waals surface area (Å²) >= 11 is 0. The van der Waals surface area contributed by atoms with Crippen LogP contribution in [0, 0.1) is 0 Å². The van der Waals surface area contributed by atoms with E-state index in [1.54, 1.807) is 0 Å². The molecule has 2 nitrogen and oxygen atoms in total. The van der Waals surface area contributed by atoms with Crippen molar-refractivity contribution in [1.29, 1.82) is 0 Å². The van der Waals surface area contributed by atoms with E-state index in [1.807, 2.05) is 12.1 Å². The van der Waals surface area contributed by atoms with E-state index < -0.39 is 5.54 Å². The molecule has 2 N–H and O–H groups in total. The van der Waals surface area contributed by atoms with Crippen LogP contribution in [0.2, 0.25) is 0 Å². The number of nitrogens with zero attached hydrogens (tertiary/aromatic N) is 1. The smallest absolute Gasteiger partial charge is 0.0835 e. The Balaban J connectivity index is 2.00. The van der Waals surface area contributed by atoms with Gasteiger partial charge >= 0.3 is 0 Å². The molecule has 0 aliphatic carbocycles. The maximum absolute atomic E-state index is 6.83. The van der Waals surface area contributed by atoms with Crippen molar-refractivity contribution in [3.05, 3.63) is 71.8 Å². The van der Waals surface area contributed by atoms with Crippen LogP contribution >= 0.6 is 0 Å².